The van der Waals surface area contributed by atoms with Gasteiger partial charge in [-0.25, -0.2) is 8.78 Å². The van der Waals surface area contributed by atoms with Gasteiger partial charge in [0, 0.05) is 12.6 Å². The highest BCUT2D eigenvalue weighted by Gasteiger charge is 2.48. The third-order valence-electron chi connectivity index (χ3n) is 4.56. The van der Waals surface area contributed by atoms with Crippen LogP contribution in [0.15, 0.2) is 18.2 Å². The predicted molar refractivity (Wildman–Crippen MR) is 71.1 cm³/mol. The molecular weight excluding hydrogens is 262 g/mol. The van der Waals surface area contributed by atoms with Crippen molar-refractivity contribution in [3.8, 4) is 0 Å². The molecule has 2 fully saturated rings. The summed E-state index contributed by atoms with van der Waals surface area (Å²) in [4.78, 5) is 12.4. The van der Waals surface area contributed by atoms with E-state index in [1.54, 1.807) is 6.92 Å². The number of nitrogens with one attached hydrogen (secondary N) is 2. The Labute approximate surface area is 116 Å². The van der Waals surface area contributed by atoms with E-state index in [1.807, 2.05) is 0 Å². The van der Waals surface area contributed by atoms with Crippen molar-refractivity contribution in [3.05, 3.63) is 35.4 Å². The molecule has 1 saturated carbocycles. The third-order valence-corrected chi connectivity index (χ3v) is 4.56. The summed E-state index contributed by atoms with van der Waals surface area (Å²) in [6.45, 7) is 2.26. The van der Waals surface area contributed by atoms with Gasteiger partial charge in [-0.2, -0.15) is 0 Å². The van der Waals surface area contributed by atoms with Crippen LogP contribution in [0.2, 0.25) is 0 Å². The first kappa shape index (κ1) is 13.5. The largest absolute Gasteiger partial charge is 0.344 e. The SMILES string of the molecule is C[C@@]1(c2cc(F)cc(F)c2)CNC2(CCCC2)C(=O)N1. The molecule has 1 atom stereocenters. The quantitative estimate of drug-likeness (QED) is 0.828. The zero-order chi connectivity index (χ0) is 14.4. The molecule has 3 rings (SSSR count). The van der Waals surface area contributed by atoms with Crippen molar-refractivity contribution in [2.24, 2.45) is 0 Å². The second-order valence-electron chi connectivity index (χ2n) is 6.09. The minimum absolute atomic E-state index is 0.0616. The third kappa shape index (κ3) is 2.10. The van der Waals surface area contributed by atoms with Crippen LogP contribution in [0.1, 0.15) is 38.2 Å². The van der Waals surface area contributed by atoms with Gasteiger partial charge in [-0.05, 0) is 37.5 Å². The fourth-order valence-electron chi connectivity index (χ4n) is 3.27. The molecule has 5 heteroatoms. The highest BCUT2D eigenvalue weighted by molar-refractivity contribution is 5.88. The van der Waals surface area contributed by atoms with Gasteiger partial charge in [0.05, 0.1) is 11.1 Å². The monoisotopic (exact) mass is 280 g/mol. The summed E-state index contributed by atoms with van der Waals surface area (Å²) in [6, 6.07) is 3.39. The van der Waals surface area contributed by atoms with E-state index in [4.69, 9.17) is 0 Å². The average molecular weight is 280 g/mol. The Kier molecular flexibility index (Phi) is 3.05. The van der Waals surface area contributed by atoms with E-state index in [-0.39, 0.29) is 5.91 Å². The molecule has 0 aromatic heterocycles. The predicted octanol–water partition coefficient (Wildman–Crippen LogP) is 2.21. The van der Waals surface area contributed by atoms with Crippen LogP contribution in [0.25, 0.3) is 0 Å². The van der Waals surface area contributed by atoms with Crippen LogP contribution in [0.4, 0.5) is 8.78 Å². The second-order valence-corrected chi connectivity index (χ2v) is 6.09. The maximum Gasteiger partial charge on any atom is 0.241 e. The molecule has 1 aromatic rings. The van der Waals surface area contributed by atoms with E-state index in [0.29, 0.717) is 12.1 Å². The molecule has 1 saturated heterocycles. The Hall–Kier alpha value is -1.49. The first-order valence-corrected chi connectivity index (χ1v) is 6.98. The van der Waals surface area contributed by atoms with Crippen LogP contribution < -0.4 is 10.6 Å². The van der Waals surface area contributed by atoms with E-state index >= 15 is 0 Å². The Morgan fingerprint density at radius 2 is 1.70 bits per heavy atom. The van der Waals surface area contributed by atoms with Crippen molar-refractivity contribution >= 4 is 5.91 Å². The Bertz CT molecular complexity index is 535. The number of carbonyl (C=O) groups excluding carboxylic acids is 1. The molecule has 2 aliphatic rings. The lowest BCUT2D eigenvalue weighted by Crippen LogP contribution is -2.68. The van der Waals surface area contributed by atoms with Crippen LogP contribution in [0.5, 0.6) is 0 Å². The number of halogens is 2. The lowest BCUT2D eigenvalue weighted by atomic mass is 9.84. The van der Waals surface area contributed by atoms with Gasteiger partial charge in [0.25, 0.3) is 0 Å². The van der Waals surface area contributed by atoms with Gasteiger partial charge in [-0.15, -0.1) is 0 Å². The summed E-state index contributed by atoms with van der Waals surface area (Å²) in [5.74, 6) is -1.32. The van der Waals surface area contributed by atoms with Crippen LogP contribution >= 0.6 is 0 Å². The van der Waals surface area contributed by atoms with Crippen molar-refractivity contribution in [3.63, 3.8) is 0 Å². The molecule has 20 heavy (non-hydrogen) atoms. The highest BCUT2D eigenvalue weighted by Crippen LogP contribution is 2.35. The molecule has 1 aliphatic carbocycles. The molecule has 2 N–H and O–H groups in total. The number of carbonyl (C=O) groups is 1. The number of hydrogen-bond donors (Lipinski definition) is 2. The summed E-state index contributed by atoms with van der Waals surface area (Å²) in [5, 5.41) is 6.28. The molecular formula is C15H18F2N2O. The van der Waals surface area contributed by atoms with Gasteiger partial charge in [0.2, 0.25) is 5.91 Å². The maximum atomic E-state index is 13.4. The van der Waals surface area contributed by atoms with Crippen LogP contribution in [-0.4, -0.2) is 18.0 Å². The molecule has 1 spiro atoms. The molecule has 1 aliphatic heterocycles. The summed E-state index contributed by atoms with van der Waals surface area (Å²) in [6.07, 6.45) is 3.72. The summed E-state index contributed by atoms with van der Waals surface area (Å²) in [5.41, 5.74) is -0.817. The second kappa shape index (κ2) is 4.52. The van der Waals surface area contributed by atoms with Crippen LogP contribution in [0.3, 0.4) is 0 Å². The highest BCUT2D eigenvalue weighted by atomic mass is 19.1. The normalized spacial score (nSPS) is 28.6. The topological polar surface area (TPSA) is 41.1 Å². The average Bonchev–Trinajstić information content (AvgIpc) is 2.84. The Morgan fingerprint density at radius 1 is 1.10 bits per heavy atom. The molecule has 108 valence electrons. The molecule has 0 radical (unpaired) electrons. The molecule has 1 aromatic carbocycles. The molecule has 1 heterocycles. The summed E-state index contributed by atoms with van der Waals surface area (Å²) >= 11 is 0. The van der Waals surface area contributed by atoms with E-state index < -0.39 is 22.7 Å². The fraction of sp³-hybridized carbons (Fsp3) is 0.533. The van der Waals surface area contributed by atoms with Crippen molar-refractivity contribution in [2.75, 3.05) is 6.54 Å². The lowest BCUT2D eigenvalue weighted by Gasteiger charge is -2.44. The van der Waals surface area contributed by atoms with Gasteiger partial charge in [0.15, 0.2) is 0 Å². The summed E-state index contributed by atoms with van der Waals surface area (Å²) in [7, 11) is 0. The van der Waals surface area contributed by atoms with E-state index in [0.717, 1.165) is 31.7 Å². The van der Waals surface area contributed by atoms with Gasteiger partial charge >= 0.3 is 0 Å². The molecule has 3 nitrogen and oxygen atoms in total. The number of amides is 1. The van der Waals surface area contributed by atoms with Crippen molar-refractivity contribution in [2.45, 2.75) is 43.7 Å². The minimum atomic E-state index is -0.784. The maximum absolute atomic E-state index is 13.4. The lowest BCUT2D eigenvalue weighted by molar-refractivity contribution is -0.132. The molecule has 0 unspecified atom stereocenters. The fourth-order valence-corrected chi connectivity index (χ4v) is 3.27. The van der Waals surface area contributed by atoms with Crippen LogP contribution in [0, 0.1) is 11.6 Å². The number of rotatable bonds is 1. The van der Waals surface area contributed by atoms with Crippen molar-refractivity contribution in [1.29, 1.82) is 0 Å². The van der Waals surface area contributed by atoms with Crippen molar-refractivity contribution in [1.82, 2.24) is 10.6 Å². The minimum Gasteiger partial charge on any atom is -0.344 e. The Morgan fingerprint density at radius 3 is 2.25 bits per heavy atom. The smallest absolute Gasteiger partial charge is 0.241 e. The Balaban J connectivity index is 1.89. The number of benzene rings is 1. The van der Waals surface area contributed by atoms with E-state index in [1.165, 1.54) is 12.1 Å². The van der Waals surface area contributed by atoms with Gasteiger partial charge in [0.1, 0.15) is 11.6 Å². The molecule has 0 bridgehead atoms. The van der Waals surface area contributed by atoms with Crippen molar-refractivity contribution < 1.29 is 13.6 Å². The van der Waals surface area contributed by atoms with Gasteiger partial charge < -0.3 is 10.6 Å². The number of hydrogen-bond acceptors (Lipinski definition) is 2. The zero-order valence-corrected chi connectivity index (χ0v) is 11.4. The first-order chi connectivity index (χ1) is 9.43. The first-order valence-electron chi connectivity index (χ1n) is 6.98. The summed E-state index contributed by atoms with van der Waals surface area (Å²) < 4.78 is 26.7. The molecule has 1 amide bonds. The van der Waals surface area contributed by atoms with E-state index in [9.17, 15) is 13.6 Å². The standard InChI is InChI=1S/C15H18F2N2O/c1-14(10-6-11(16)8-12(17)7-10)9-18-15(13(20)19-14)4-2-3-5-15/h6-8,18H,2-5,9H2,1H3,(H,19,20)/t14-/m0/s1. The van der Waals surface area contributed by atoms with Gasteiger partial charge in [-0.1, -0.05) is 12.8 Å². The van der Waals surface area contributed by atoms with E-state index in [2.05, 4.69) is 10.6 Å². The number of piperazine rings is 1. The van der Waals surface area contributed by atoms with Crippen LogP contribution in [-0.2, 0) is 10.3 Å². The van der Waals surface area contributed by atoms with Gasteiger partial charge in [-0.3, -0.25) is 4.79 Å². The zero-order valence-electron chi connectivity index (χ0n) is 11.4.